The molecule has 6 heteroatoms. The van der Waals surface area contributed by atoms with Crippen molar-refractivity contribution in [3.63, 3.8) is 0 Å². The molecule has 0 N–H and O–H groups in total. The van der Waals surface area contributed by atoms with Crippen LogP contribution in [0.3, 0.4) is 0 Å². The minimum atomic E-state index is -0.770. The van der Waals surface area contributed by atoms with E-state index in [0.29, 0.717) is 19.3 Å². The summed E-state index contributed by atoms with van der Waals surface area (Å²) >= 11 is 0. The zero-order chi connectivity index (χ0) is 57.1. The Labute approximate surface area is 494 Å². The molecule has 0 aliphatic heterocycles. The summed E-state index contributed by atoms with van der Waals surface area (Å²) in [5.74, 6) is -0.837. The molecule has 0 fully saturated rings. The highest BCUT2D eigenvalue weighted by Crippen LogP contribution is 2.19. The maximum atomic E-state index is 13.0. The van der Waals surface area contributed by atoms with Gasteiger partial charge in [0.25, 0.3) is 0 Å². The van der Waals surface area contributed by atoms with Crippen LogP contribution in [0, 0.1) is 0 Å². The van der Waals surface area contributed by atoms with E-state index in [4.69, 9.17) is 14.2 Å². The molecule has 0 aliphatic carbocycles. The summed E-state index contributed by atoms with van der Waals surface area (Å²) in [5.41, 5.74) is 0. The van der Waals surface area contributed by atoms with Crippen LogP contribution in [0.2, 0.25) is 0 Å². The van der Waals surface area contributed by atoms with E-state index in [1.165, 1.54) is 315 Å². The molecule has 0 aromatic carbocycles. The number of carbonyl (C=O) groups is 3. The van der Waals surface area contributed by atoms with E-state index in [1.54, 1.807) is 0 Å². The van der Waals surface area contributed by atoms with E-state index in [9.17, 15) is 14.4 Å². The quantitative estimate of drug-likeness (QED) is 0.0261. The molecule has 0 radical (unpaired) electrons. The summed E-state index contributed by atoms with van der Waals surface area (Å²) in [7, 11) is 0. The molecule has 79 heavy (non-hydrogen) atoms. The van der Waals surface area contributed by atoms with E-state index in [0.717, 1.165) is 64.2 Å². The molecule has 0 amide bonds. The Morgan fingerprint density at radius 3 is 0.633 bits per heavy atom. The Morgan fingerprint density at radius 1 is 0.241 bits per heavy atom. The fraction of sp³-hybridized carbons (Fsp3) is 0.932. The molecule has 0 aromatic rings. The average molecular weight is 1110 g/mol. The van der Waals surface area contributed by atoms with Gasteiger partial charge in [-0.25, -0.2) is 0 Å². The predicted molar refractivity (Wildman–Crippen MR) is 344 cm³/mol. The Morgan fingerprint density at radius 2 is 0.418 bits per heavy atom. The lowest BCUT2D eigenvalue weighted by atomic mass is 10.0. The molecule has 0 bridgehead atoms. The van der Waals surface area contributed by atoms with Crippen LogP contribution in [0.5, 0.6) is 0 Å². The van der Waals surface area contributed by atoms with Crippen LogP contribution in [0.15, 0.2) is 12.2 Å². The molecule has 0 rings (SSSR count). The first-order chi connectivity index (χ1) is 39.0. The first kappa shape index (κ1) is 77.2. The maximum absolute atomic E-state index is 13.0. The second-order valence-electron chi connectivity index (χ2n) is 24.9. The summed E-state index contributed by atoms with van der Waals surface area (Å²) in [6.07, 6.45) is 82.5. The summed E-state index contributed by atoms with van der Waals surface area (Å²) in [6.45, 7) is 6.72. The van der Waals surface area contributed by atoms with Gasteiger partial charge in [0.1, 0.15) is 13.2 Å². The highest BCUT2D eigenvalue weighted by atomic mass is 16.6. The van der Waals surface area contributed by atoms with Gasteiger partial charge in [0, 0.05) is 19.3 Å². The Bertz CT molecular complexity index is 1230. The molecule has 0 saturated heterocycles. The first-order valence-electron chi connectivity index (χ1n) is 36.2. The number of hydrogen-bond acceptors (Lipinski definition) is 6. The molecule has 6 nitrogen and oxygen atoms in total. The van der Waals surface area contributed by atoms with E-state index in [1.807, 2.05) is 0 Å². The fourth-order valence-corrected chi connectivity index (χ4v) is 11.3. The first-order valence-corrected chi connectivity index (χ1v) is 36.2. The van der Waals surface area contributed by atoms with Gasteiger partial charge in [-0.15, -0.1) is 0 Å². The number of unbranched alkanes of at least 4 members (excludes halogenated alkanes) is 55. The fourth-order valence-electron chi connectivity index (χ4n) is 11.3. The van der Waals surface area contributed by atoms with Gasteiger partial charge >= 0.3 is 17.9 Å². The molecular formula is C73H140O6. The van der Waals surface area contributed by atoms with Crippen molar-refractivity contribution >= 4 is 17.9 Å². The number of hydrogen-bond donors (Lipinski definition) is 0. The van der Waals surface area contributed by atoms with E-state index >= 15 is 0 Å². The van der Waals surface area contributed by atoms with Crippen LogP contribution < -0.4 is 0 Å². The van der Waals surface area contributed by atoms with E-state index in [-0.39, 0.29) is 31.1 Å². The lowest BCUT2D eigenvalue weighted by Crippen LogP contribution is -2.30. The number of esters is 3. The lowest BCUT2D eigenvalue weighted by Gasteiger charge is -2.18. The number of carbonyl (C=O) groups excluding carboxylic acids is 3. The zero-order valence-electron chi connectivity index (χ0n) is 53.9. The standard InChI is InChI=1S/C73H140O6/c1-4-7-10-13-16-19-22-25-28-30-32-34-36-38-39-41-43-45-48-51-54-57-60-63-66-72(75)78-69-70(68-77-71(74)65-62-59-56-53-50-47-27-24-21-18-15-12-9-6-3)79-73(76)67-64-61-58-55-52-49-46-44-42-40-37-35-33-31-29-26-23-20-17-14-11-8-5-2/h24,27,70H,4-23,25-26,28-69H2,1-3H3/b27-24-. The third kappa shape index (κ3) is 66.8. The average Bonchev–Trinajstić information content (AvgIpc) is 3.45. The van der Waals surface area contributed by atoms with Gasteiger partial charge in [-0.05, 0) is 44.9 Å². The minimum Gasteiger partial charge on any atom is -0.462 e. The van der Waals surface area contributed by atoms with Crippen molar-refractivity contribution < 1.29 is 28.6 Å². The molecular weight excluding hydrogens is 973 g/mol. The lowest BCUT2D eigenvalue weighted by molar-refractivity contribution is -0.167. The van der Waals surface area contributed by atoms with Crippen molar-refractivity contribution in [3.8, 4) is 0 Å². The minimum absolute atomic E-state index is 0.0655. The van der Waals surface area contributed by atoms with Crippen molar-refractivity contribution in [3.05, 3.63) is 12.2 Å². The third-order valence-electron chi connectivity index (χ3n) is 16.8. The largest absolute Gasteiger partial charge is 0.462 e. The molecule has 1 atom stereocenters. The van der Waals surface area contributed by atoms with Crippen molar-refractivity contribution in [2.45, 2.75) is 425 Å². The van der Waals surface area contributed by atoms with E-state index < -0.39 is 6.10 Å². The number of allylic oxidation sites excluding steroid dienone is 2. The Kier molecular flexibility index (Phi) is 67.0. The molecule has 0 heterocycles. The van der Waals surface area contributed by atoms with Crippen LogP contribution in [0.4, 0.5) is 0 Å². The Balaban J connectivity index is 4.22. The van der Waals surface area contributed by atoms with Gasteiger partial charge < -0.3 is 14.2 Å². The van der Waals surface area contributed by atoms with Crippen LogP contribution in [0.25, 0.3) is 0 Å². The highest BCUT2D eigenvalue weighted by molar-refractivity contribution is 5.71. The monoisotopic (exact) mass is 1110 g/mol. The molecule has 0 aliphatic rings. The number of ether oxygens (including phenoxy) is 3. The smallest absolute Gasteiger partial charge is 0.306 e. The van der Waals surface area contributed by atoms with Crippen LogP contribution >= 0.6 is 0 Å². The zero-order valence-corrected chi connectivity index (χ0v) is 53.9. The maximum Gasteiger partial charge on any atom is 0.306 e. The third-order valence-corrected chi connectivity index (χ3v) is 16.8. The SMILES string of the molecule is CCCCCCC/C=C\CCCCCCCC(=O)OCC(COC(=O)CCCCCCCCCCCCCCCCCCCCCCCCCC)OC(=O)CCCCCCCCCCCCCCCCCCCCCCCCC. The van der Waals surface area contributed by atoms with E-state index in [2.05, 4.69) is 32.9 Å². The molecule has 0 spiro atoms. The van der Waals surface area contributed by atoms with Gasteiger partial charge in [0.2, 0.25) is 0 Å². The van der Waals surface area contributed by atoms with Gasteiger partial charge in [0.15, 0.2) is 6.10 Å². The summed E-state index contributed by atoms with van der Waals surface area (Å²) in [5, 5.41) is 0. The summed E-state index contributed by atoms with van der Waals surface area (Å²) in [4.78, 5) is 38.4. The molecule has 468 valence electrons. The van der Waals surface area contributed by atoms with Crippen LogP contribution in [0.1, 0.15) is 419 Å². The number of rotatable bonds is 68. The van der Waals surface area contributed by atoms with Crippen molar-refractivity contribution in [1.29, 1.82) is 0 Å². The van der Waals surface area contributed by atoms with Gasteiger partial charge in [0.05, 0.1) is 0 Å². The van der Waals surface area contributed by atoms with Crippen molar-refractivity contribution in [2.75, 3.05) is 13.2 Å². The van der Waals surface area contributed by atoms with Gasteiger partial charge in [-0.1, -0.05) is 367 Å². The van der Waals surface area contributed by atoms with Crippen LogP contribution in [-0.4, -0.2) is 37.2 Å². The normalized spacial score (nSPS) is 12.0. The van der Waals surface area contributed by atoms with Crippen molar-refractivity contribution in [1.82, 2.24) is 0 Å². The summed E-state index contributed by atoms with van der Waals surface area (Å²) < 4.78 is 17.0. The molecule has 0 saturated carbocycles. The highest BCUT2D eigenvalue weighted by Gasteiger charge is 2.19. The predicted octanol–water partition coefficient (Wildman–Crippen LogP) is 24.8. The van der Waals surface area contributed by atoms with Gasteiger partial charge in [-0.3, -0.25) is 14.4 Å². The Hall–Kier alpha value is -1.85. The second kappa shape index (κ2) is 68.6. The second-order valence-corrected chi connectivity index (χ2v) is 24.9. The topological polar surface area (TPSA) is 78.9 Å². The summed E-state index contributed by atoms with van der Waals surface area (Å²) in [6, 6.07) is 0. The van der Waals surface area contributed by atoms with Crippen molar-refractivity contribution in [2.24, 2.45) is 0 Å². The van der Waals surface area contributed by atoms with Crippen LogP contribution in [-0.2, 0) is 28.6 Å². The molecule has 0 aromatic heterocycles. The van der Waals surface area contributed by atoms with Gasteiger partial charge in [-0.2, -0.15) is 0 Å². The molecule has 1 unspecified atom stereocenters.